The number of aryl methyl sites for hydroxylation is 1. The summed E-state index contributed by atoms with van der Waals surface area (Å²) in [5.74, 6) is -1.34. The molecule has 1 aromatic carbocycles. The number of benzene rings is 1. The molecule has 1 aliphatic rings. The van der Waals surface area contributed by atoms with Gasteiger partial charge in [0.2, 0.25) is 5.91 Å². The van der Waals surface area contributed by atoms with Gasteiger partial charge in [-0.25, -0.2) is 0 Å². The van der Waals surface area contributed by atoms with E-state index in [0.717, 1.165) is 13.0 Å². The molecule has 1 aliphatic carbocycles. The van der Waals surface area contributed by atoms with Crippen molar-refractivity contribution in [1.82, 2.24) is 9.88 Å². The highest BCUT2D eigenvalue weighted by atomic mass is 16.4. The molecule has 0 spiro atoms. The normalized spacial score (nSPS) is 15.8. The number of hydrogen-bond acceptors (Lipinski definition) is 2. The van der Waals surface area contributed by atoms with Gasteiger partial charge in [0.05, 0.1) is 0 Å². The number of fused-ring (bicyclic) bond motifs is 1. The minimum absolute atomic E-state index is 0.340. The summed E-state index contributed by atoms with van der Waals surface area (Å²) in [4.78, 5) is 22.9. The first kappa shape index (κ1) is 13.7. The molecule has 0 atom stereocenters. The van der Waals surface area contributed by atoms with Crippen molar-refractivity contribution >= 4 is 22.8 Å². The lowest BCUT2D eigenvalue weighted by molar-refractivity contribution is -0.149. The van der Waals surface area contributed by atoms with Gasteiger partial charge in [0.15, 0.2) is 0 Å². The van der Waals surface area contributed by atoms with Crippen LogP contribution >= 0.6 is 0 Å². The van der Waals surface area contributed by atoms with Crippen LogP contribution in [0.1, 0.15) is 19.3 Å². The van der Waals surface area contributed by atoms with Crippen LogP contribution in [0.5, 0.6) is 0 Å². The van der Waals surface area contributed by atoms with E-state index in [2.05, 4.69) is 28.1 Å². The number of hydrogen-bond donors (Lipinski definition) is 2. The van der Waals surface area contributed by atoms with Gasteiger partial charge in [-0.15, -0.1) is 0 Å². The van der Waals surface area contributed by atoms with Gasteiger partial charge in [-0.3, -0.25) is 9.59 Å². The molecule has 110 valence electrons. The van der Waals surface area contributed by atoms with E-state index >= 15 is 0 Å². The highest BCUT2D eigenvalue weighted by molar-refractivity contribution is 6.04. The Balaban J connectivity index is 1.51. The number of rotatable bonds is 6. The molecule has 1 amide bonds. The van der Waals surface area contributed by atoms with Crippen LogP contribution in [0.3, 0.4) is 0 Å². The largest absolute Gasteiger partial charge is 0.480 e. The van der Waals surface area contributed by atoms with Crippen molar-refractivity contribution in [2.45, 2.75) is 25.8 Å². The van der Waals surface area contributed by atoms with Gasteiger partial charge in [0.1, 0.15) is 5.41 Å². The van der Waals surface area contributed by atoms with Crippen LogP contribution in [-0.4, -0.2) is 28.1 Å². The minimum atomic E-state index is -1.14. The number of para-hydroxylation sites is 1. The second-order valence-electron chi connectivity index (χ2n) is 5.56. The van der Waals surface area contributed by atoms with Crippen LogP contribution in [0.15, 0.2) is 36.5 Å². The lowest BCUT2D eigenvalue weighted by Gasteiger charge is -2.11. The molecule has 2 N–H and O–H groups in total. The van der Waals surface area contributed by atoms with E-state index < -0.39 is 11.4 Å². The predicted molar refractivity (Wildman–Crippen MR) is 78.9 cm³/mol. The maximum absolute atomic E-state index is 11.8. The molecule has 1 aromatic heterocycles. The molecular weight excluding hydrogens is 268 g/mol. The van der Waals surface area contributed by atoms with Gasteiger partial charge in [-0.2, -0.15) is 0 Å². The zero-order chi connectivity index (χ0) is 14.9. The first-order chi connectivity index (χ1) is 10.1. The maximum atomic E-state index is 11.8. The summed E-state index contributed by atoms with van der Waals surface area (Å²) >= 11 is 0. The Morgan fingerprint density at radius 2 is 2.00 bits per heavy atom. The molecule has 1 fully saturated rings. The standard InChI is InChI=1S/C16H18N2O3/c19-14(16(7-8-16)15(20)21)17-9-3-10-18-11-6-12-4-1-2-5-13(12)18/h1-2,4-6,11H,3,7-10H2,(H,17,19)(H,20,21). The zero-order valence-corrected chi connectivity index (χ0v) is 11.7. The van der Waals surface area contributed by atoms with Crippen molar-refractivity contribution in [2.75, 3.05) is 6.54 Å². The number of aliphatic carboxylic acids is 1. The monoisotopic (exact) mass is 286 g/mol. The summed E-state index contributed by atoms with van der Waals surface area (Å²) in [5, 5.41) is 13.0. The molecule has 2 aromatic rings. The summed E-state index contributed by atoms with van der Waals surface area (Å²) in [5.41, 5.74) is 0.0354. The summed E-state index contributed by atoms with van der Waals surface area (Å²) in [6.07, 6.45) is 3.72. The van der Waals surface area contributed by atoms with Gasteiger partial charge in [-0.05, 0) is 36.8 Å². The average molecular weight is 286 g/mol. The van der Waals surface area contributed by atoms with Crippen molar-refractivity contribution < 1.29 is 14.7 Å². The molecule has 0 aliphatic heterocycles. The Kier molecular flexibility index (Phi) is 3.41. The van der Waals surface area contributed by atoms with E-state index in [1.165, 1.54) is 10.9 Å². The Bertz CT molecular complexity index is 686. The Labute approximate surface area is 122 Å². The lowest BCUT2D eigenvalue weighted by atomic mass is 10.1. The average Bonchev–Trinajstić information content (AvgIpc) is 3.20. The van der Waals surface area contributed by atoms with Gasteiger partial charge >= 0.3 is 5.97 Å². The molecule has 5 nitrogen and oxygen atoms in total. The smallest absolute Gasteiger partial charge is 0.319 e. The molecular formula is C16H18N2O3. The molecule has 1 saturated carbocycles. The third-order valence-corrected chi connectivity index (χ3v) is 4.14. The number of nitrogens with one attached hydrogen (secondary N) is 1. The van der Waals surface area contributed by atoms with Gasteiger partial charge in [0, 0.05) is 24.8 Å². The number of aromatic nitrogens is 1. The van der Waals surface area contributed by atoms with Crippen LogP contribution in [-0.2, 0) is 16.1 Å². The SMILES string of the molecule is O=C(O)C1(C(=O)NCCCn2ccc3ccccc32)CC1. The van der Waals surface area contributed by atoms with Crippen LogP contribution in [0.25, 0.3) is 10.9 Å². The first-order valence-corrected chi connectivity index (χ1v) is 7.19. The molecule has 0 bridgehead atoms. The van der Waals surface area contributed by atoms with Crippen LogP contribution < -0.4 is 5.32 Å². The van der Waals surface area contributed by atoms with Crippen molar-refractivity contribution in [3.05, 3.63) is 36.5 Å². The number of carbonyl (C=O) groups excluding carboxylic acids is 1. The van der Waals surface area contributed by atoms with E-state index in [1.54, 1.807) is 0 Å². The fraction of sp³-hybridized carbons (Fsp3) is 0.375. The fourth-order valence-corrected chi connectivity index (χ4v) is 2.62. The second kappa shape index (κ2) is 5.24. The molecule has 21 heavy (non-hydrogen) atoms. The summed E-state index contributed by atoms with van der Waals surface area (Å²) in [6.45, 7) is 1.30. The summed E-state index contributed by atoms with van der Waals surface area (Å²) in [7, 11) is 0. The third kappa shape index (κ3) is 2.51. The van der Waals surface area contributed by atoms with Gasteiger partial charge < -0.3 is 15.0 Å². The fourth-order valence-electron chi connectivity index (χ4n) is 2.62. The molecule has 0 saturated heterocycles. The highest BCUT2D eigenvalue weighted by Crippen LogP contribution is 2.46. The summed E-state index contributed by atoms with van der Waals surface area (Å²) in [6, 6.07) is 10.2. The number of carbonyl (C=O) groups is 2. The molecule has 0 unspecified atom stereocenters. The number of carboxylic acid groups (broad SMARTS) is 1. The van der Waals surface area contributed by atoms with E-state index in [1.807, 2.05) is 18.3 Å². The number of nitrogens with zero attached hydrogens (tertiary/aromatic N) is 1. The quantitative estimate of drug-likeness (QED) is 0.630. The zero-order valence-electron chi connectivity index (χ0n) is 11.7. The topological polar surface area (TPSA) is 71.3 Å². The highest BCUT2D eigenvalue weighted by Gasteiger charge is 2.56. The Morgan fingerprint density at radius 3 is 2.71 bits per heavy atom. The second-order valence-corrected chi connectivity index (χ2v) is 5.56. The van der Waals surface area contributed by atoms with Crippen molar-refractivity contribution in [3.8, 4) is 0 Å². The Hall–Kier alpha value is -2.30. The van der Waals surface area contributed by atoms with Crippen LogP contribution in [0, 0.1) is 5.41 Å². The molecule has 0 radical (unpaired) electrons. The van der Waals surface area contributed by atoms with Crippen molar-refractivity contribution in [1.29, 1.82) is 0 Å². The van der Waals surface area contributed by atoms with Crippen molar-refractivity contribution in [2.24, 2.45) is 5.41 Å². The molecule has 1 heterocycles. The van der Waals surface area contributed by atoms with Gasteiger partial charge in [0.25, 0.3) is 0 Å². The lowest BCUT2D eigenvalue weighted by Crippen LogP contribution is -2.37. The van der Waals surface area contributed by atoms with E-state index in [4.69, 9.17) is 5.11 Å². The number of carboxylic acids is 1. The van der Waals surface area contributed by atoms with Crippen LogP contribution in [0.2, 0.25) is 0 Å². The Morgan fingerprint density at radius 1 is 1.24 bits per heavy atom. The minimum Gasteiger partial charge on any atom is -0.480 e. The van der Waals surface area contributed by atoms with Gasteiger partial charge in [-0.1, -0.05) is 18.2 Å². The van der Waals surface area contributed by atoms with E-state index in [-0.39, 0.29) is 5.91 Å². The van der Waals surface area contributed by atoms with Crippen molar-refractivity contribution in [3.63, 3.8) is 0 Å². The van der Waals surface area contributed by atoms with E-state index in [9.17, 15) is 9.59 Å². The summed E-state index contributed by atoms with van der Waals surface area (Å²) < 4.78 is 2.14. The maximum Gasteiger partial charge on any atom is 0.319 e. The van der Waals surface area contributed by atoms with E-state index in [0.29, 0.717) is 19.4 Å². The molecule has 3 rings (SSSR count). The van der Waals surface area contributed by atoms with Crippen LogP contribution in [0.4, 0.5) is 0 Å². The molecule has 5 heteroatoms. The first-order valence-electron chi connectivity index (χ1n) is 7.19. The number of amides is 1. The predicted octanol–water partition coefficient (Wildman–Crippen LogP) is 2.01. The third-order valence-electron chi connectivity index (χ3n) is 4.14.